The fourth-order valence-corrected chi connectivity index (χ4v) is 4.00. The molecule has 0 fully saturated rings. The Balaban J connectivity index is 1.39. The highest BCUT2D eigenvalue weighted by Gasteiger charge is 2.12. The minimum Gasteiger partial charge on any atom is -0.508 e. The van der Waals surface area contributed by atoms with Gasteiger partial charge in [-0.05, 0) is 72.9 Å². The summed E-state index contributed by atoms with van der Waals surface area (Å²) in [5, 5.41) is 9.43. The van der Waals surface area contributed by atoms with Crippen LogP contribution in [0.15, 0.2) is 72.8 Å². The number of hydrogen-bond acceptors (Lipinski definition) is 4. The first-order valence-electron chi connectivity index (χ1n) is 12.9. The summed E-state index contributed by atoms with van der Waals surface area (Å²) in [5.41, 5.74) is 3.65. The van der Waals surface area contributed by atoms with Gasteiger partial charge in [-0.3, -0.25) is 0 Å². The summed E-state index contributed by atoms with van der Waals surface area (Å²) >= 11 is 0. The molecule has 0 saturated heterocycles. The monoisotopic (exact) mass is 474 g/mol. The predicted molar refractivity (Wildman–Crippen MR) is 142 cm³/mol. The highest BCUT2D eigenvalue weighted by molar-refractivity contribution is 5.89. The van der Waals surface area contributed by atoms with Crippen LogP contribution >= 0.6 is 0 Å². The van der Waals surface area contributed by atoms with E-state index in [0.29, 0.717) is 12.2 Å². The molecule has 4 nitrogen and oxygen atoms in total. The topological polar surface area (TPSA) is 55.8 Å². The molecule has 0 aliphatic carbocycles. The predicted octanol–water partition coefficient (Wildman–Crippen LogP) is 8.32. The van der Waals surface area contributed by atoms with E-state index >= 15 is 0 Å². The SMILES string of the molecule is CCCCCCCCCC(C)OC(=O)c1ccc(COc2ccc(-c3ccc(O)cc3)cc2)cc1. The fourth-order valence-electron chi connectivity index (χ4n) is 4.00. The summed E-state index contributed by atoms with van der Waals surface area (Å²) in [6.07, 6.45) is 9.67. The first kappa shape index (κ1) is 26.3. The maximum Gasteiger partial charge on any atom is 0.338 e. The summed E-state index contributed by atoms with van der Waals surface area (Å²) in [6, 6.07) is 22.4. The first-order valence-corrected chi connectivity index (χ1v) is 12.9. The molecule has 186 valence electrons. The van der Waals surface area contributed by atoms with Gasteiger partial charge in [0.2, 0.25) is 0 Å². The van der Waals surface area contributed by atoms with Gasteiger partial charge in [-0.1, -0.05) is 81.8 Å². The van der Waals surface area contributed by atoms with Crippen molar-refractivity contribution >= 4 is 5.97 Å². The van der Waals surface area contributed by atoms with Crippen LogP contribution in [0.25, 0.3) is 11.1 Å². The molecule has 1 atom stereocenters. The zero-order valence-corrected chi connectivity index (χ0v) is 21.0. The second kappa shape index (κ2) is 14.2. The van der Waals surface area contributed by atoms with Crippen molar-refractivity contribution in [2.45, 2.75) is 77.9 Å². The van der Waals surface area contributed by atoms with Gasteiger partial charge in [-0.2, -0.15) is 0 Å². The molecule has 0 spiro atoms. The molecule has 0 amide bonds. The Kier molecular flexibility index (Phi) is 10.7. The molecule has 0 bridgehead atoms. The van der Waals surface area contributed by atoms with Crippen molar-refractivity contribution in [3.05, 3.63) is 83.9 Å². The van der Waals surface area contributed by atoms with Crippen molar-refractivity contribution in [1.29, 1.82) is 0 Å². The molecule has 1 N–H and O–H groups in total. The molecule has 3 aromatic rings. The normalized spacial score (nSPS) is 11.7. The number of phenolic OH excluding ortho intramolecular Hbond substituents is 1. The maximum atomic E-state index is 12.5. The van der Waals surface area contributed by atoms with Crippen molar-refractivity contribution in [1.82, 2.24) is 0 Å². The van der Waals surface area contributed by atoms with Crippen LogP contribution in [0.5, 0.6) is 11.5 Å². The summed E-state index contributed by atoms with van der Waals surface area (Å²) in [5.74, 6) is 0.763. The minimum atomic E-state index is -0.266. The second-order valence-electron chi connectivity index (χ2n) is 9.18. The third kappa shape index (κ3) is 9.12. The van der Waals surface area contributed by atoms with E-state index in [1.165, 1.54) is 38.5 Å². The maximum absolute atomic E-state index is 12.5. The van der Waals surface area contributed by atoms with Gasteiger partial charge in [0, 0.05) is 0 Å². The van der Waals surface area contributed by atoms with E-state index in [4.69, 9.17) is 9.47 Å². The van der Waals surface area contributed by atoms with Crippen LogP contribution in [0, 0.1) is 0 Å². The number of hydrogen-bond donors (Lipinski definition) is 1. The van der Waals surface area contributed by atoms with E-state index in [9.17, 15) is 9.90 Å². The van der Waals surface area contributed by atoms with Crippen LogP contribution in [0.3, 0.4) is 0 Å². The van der Waals surface area contributed by atoms with Gasteiger partial charge in [-0.15, -0.1) is 0 Å². The lowest BCUT2D eigenvalue weighted by Crippen LogP contribution is -2.15. The highest BCUT2D eigenvalue weighted by Crippen LogP contribution is 2.24. The smallest absolute Gasteiger partial charge is 0.338 e. The van der Waals surface area contributed by atoms with E-state index in [1.54, 1.807) is 24.3 Å². The summed E-state index contributed by atoms with van der Waals surface area (Å²) in [7, 11) is 0. The number of phenols is 1. The van der Waals surface area contributed by atoms with Crippen molar-refractivity contribution in [2.24, 2.45) is 0 Å². The average Bonchev–Trinajstić information content (AvgIpc) is 2.88. The molecule has 0 aliphatic rings. The molecule has 0 heterocycles. The number of benzene rings is 3. The Morgan fingerprint density at radius 3 is 1.97 bits per heavy atom. The zero-order chi connectivity index (χ0) is 24.9. The molecule has 0 saturated carbocycles. The number of aromatic hydroxyl groups is 1. The number of carbonyl (C=O) groups is 1. The second-order valence-corrected chi connectivity index (χ2v) is 9.18. The number of esters is 1. The van der Waals surface area contributed by atoms with Crippen molar-refractivity contribution in [3.8, 4) is 22.6 Å². The highest BCUT2D eigenvalue weighted by atomic mass is 16.5. The van der Waals surface area contributed by atoms with Crippen LogP contribution in [-0.4, -0.2) is 17.2 Å². The Labute approximate surface area is 209 Å². The number of rotatable bonds is 14. The Morgan fingerprint density at radius 2 is 1.34 bits per heavy atom. The summed E-state index contributed by atoms with van der Waals surface area (Å²) in [4.78, 5) is 12.5. The number of unbranched alkanes of at least 4 members (excludes halogenated alkanes) is 6. The van der Waals surface area contributed by atoms with Crippen molar-refractivity contribution < 1.29 is 19.4 Å². The zero-order valence-electron chi connectivity index (χ0n) is 21.0. The average molecular weight is 475 g/mol. The van der Waals surface area contributed by atoms with Crippen LogP contribution in [0.2, 0.25) is 0 Å². The quantitative estimate of drug-likeness (QED) is 0.188. The van der Waals surface area contributed by atoms with Gasteiger partial charge < -0.3 is 14.6 Å². The van der Waals surface area contributed by atoms with Gasteiger partial charge >= 0.3 is 5.97 Å². The third-order valence-electron chi connectivity index (χ3n) is 6.17. The summed E-state index contributed by atoms with van der Waals surface area (Å²) < 4.78 is 11.5. The van der Waals surface area contributed by atoms with Crippen LogP contribution in [-0.2, 0) is 11.3 Å². The molecule has 4 heteroatoms. The number of ether oxygens (including phenoxy) is 2. The summed E-state index contributed by atoms with van der Waals surface area (Å²) in [6.45, 7) is 4.63. The van der Waals surface area contributed by atoms with E-state index in [1.807, 2.05) is 55.5 Å². The fraction of sp³-hybridized carbons (Fsp3) is 0.387. The van der Waals surface area contributed by atoms with Crippen LogP contribution < -0.4 is 4.74 Å². The van der Waals surface area contributed by atoms with Gasteiger partial charge in [-0.25, -0.2) is 4.79 Å². The molecule has 0 aromatic heterocycles. The Hall–Kier alpha value is -3.27. The van der Waals surface area contributed by atoms with Crippen molar-refractivity contribution in [2.75, 3.05) is 0 Å². The minimum absolute atomic E-state index is 0.0642. The molecule has 1 unspecified atom stereocenters. The number of carbonyl (C=O) groups excluding carboxylic acids is 1. The first-order chi connectivity index (χ1) is 17.0. The standard InChI is InChI=1S/C31H38O4/c1-3-4-5-6-7-8-9-10-24(2)35-31(33)28-13-11-25(12-14-28)23-34-30-21-17-27(18-22-30)26-15-19-29(32)20-16-26/h11-22,24,32H,3-10,23H2,1-2H3. The van der Waals surface area contributed by atoms with Gasteiger partial charge in [0.15, 0.2) is 0 Å². The van der Waals surface area contributed by atoms with E-state index < -0.39 is 0 Å². The van der Waals surface area contributed by atoms with E-state index in [2.05, 4.69) is 6.92 Å². The molecular formula is C31H38O4. The van der Waals surface area contributed by atoms with Crippen LogP contribution in [0.1, 0.15) is 81.1 Å². The molecule has 3 rings (SSSR count). The molecule has 35 heavy (non-hydrogen) atoms. The molecule has 0 aliphatic heterocycles. The van der Waals surface area contributed by atoms with Crippen molar-refractivity contribution in [3.63, 3.8) is 0 Å². The van der Waals surface area contributed by atoms with E-state index in [-0.39, 0.29) is 17.8 Å². The lowest BCUT2D eigenvalue weighted by molar-refractivity contribution is 0.0319. The third-order valence-corrected chi connectivity index (χ3v) is 6.17. The molecular weight excluding hydrogens is 436 g/mol. The molecule has 3 aromatic carbocycles. The van der Waals surface area contributed by atoms with E-state index in [0.717, 1.165) is 35.3 Å². The van der Waals surface area contributed by atoms with Gasteiger partial charge in [0.1, 0.15) is 18.1 Å². The van der Waals surface area contributed by atoms with Gasteiger partial charge in [0.05, 0.1) is 11.7 Å². The van der Waals surface area contributed by atoms with Crippen LogP contribution in [0.4, 0.5) is 0 Å². The lowest BCUT2D eigenvalue weighted by atomic mass is 10.1. The molecule has 0 radical (unpaired) electrons. The lowest BCUT2D eigenvalue weighted by Gasteiger charge is -2.13. The Morgan fingerprint density at radius 1 is 0.771 bits per heavy atom. The largest absolute Gasteiger partial charge is 0.508 e. The Bertz CT molecular complexity index is 1010. The van der Waals surface area contributed by atoms with Gasteiger partial charge in [0.25, 0.3) is 0 Å².